The molecular formula is C14H26Cl2N2. The lowest BCUT2D eigenvalue weighted by molar-refractivity contribution is 0.0424. The summed E-state index contributed by atoms with van der Waals surface area (Å²) in [6.45, 7) is 5.81. The third kappa shape index (κ3) is 4.00. The average Bonchev–Trinajstić information content (AvgIpc) is 2.40. The van der Waals surface area contributed by atoms with Crippen molar-refractivity contribution in [3.63, 3.8) is 0 Å². The van der Waals surface area contributed by atoms with Crippen LogP contribution >= 0.6 is 23.2 Å². The second-order valence-electron chi connectivity index (χ2n) is 5.68. The van der Waals surface area contributed by atoms with Crippen LogP contribution in [0.1, 0.15) is 32.1 Å². The Morgan fingerprint density at radius 1 is 0.944 bits per heavy atom. The van der Waals surface area contributed by atoms with E-state index >= 15 is 0 Å². The summed E-state index contributed by atoms with van der Waals surface area (Å²) in [5.41, 5.74) is 0. The summed E-state index contributed by atoms with van der Waals surface area (Å²) in [5, 5.41) is 0. The lowest BCUT2D eigenvalue weighted by Gasteiger charge is -2.45. The molecule has 2 saturated heterocycles. The lowest BCUT2D eigenvalue weighted by Crippen LogP contribution is -2.51. The first-order chi connectivity index (χ1) is 8.85. The van der Waals surface area contributed by atoms with Gasteiger partial charge in [0, 0.05) is 37.4 Å². The second-order valence-corrected chi connectivity index (χ2v) is 6.44. The number of hydrogen-bond acceptors (Lipinski definition) is 2. The highest BCUT2D eigenvalue weighted by Crippen LogP contribution is 2.31. The summed E-state index contributed by atoms with van der Waals surface area (Å²) in [6, 6.07) is 0.834. The molecular weight excluding hydrogens is 267 g/mol. The molecule has 0 N–H and O–H groups in total. The molecule has 0 spiro atoms. The Morgan fingerprint density at radius 3 is 2.39 bits per heavy atom. The van der Waals surface area contributed by atoms with Crippen LogP contribution in [0, 0.1) is 5.92 Å². The first-order valence-corrected chi connectivity index (χ1v) is 8.50. The molecule has 2 aliphatic rings. The molecule has 2 heterocycles. The van der Waals surface area contributed by atoms with Crippen molar-refractivity contribution in [1.82, 2.24) is 9.80 Å². The Labute approximate surface area is 122 Å². The standard InChI is InChI=1S/C14H26Cl2N2/c15-6-10-17(11-7-16)12-13-4-3-9-18-8-2-1-5-14(13)18/h13-14H,1-12H2/t13-,14-/m1/s1. The van der Waals surface area contributed by atoms with Gasteiger partial charge in [0.1, 0.15) is 0 Å². The van der Waals surface area contributed by atoms with Crippen LogP contribution < -0.4 is 0 Å². The van der Waals surface area contributed by atoms with Crippen molar-refractivity contribution < 1.29 is 0 Å². The molecule has 18 heavy (non-hydrogen) atoms. The molecule has 2 atom stereocenters. The van der Waals surface area contributed by atoms with E-state index in [4.69, 9.17) is 23.2 Å². The molecule has 2 rings (SSSR count). The van der Waals surface area contributed by atoms with Crippen molar-refractivity contribution in [2.24, 2.45) is 5.92 Å². The van der Waals surface area contributed by atoms with E-state index in [-0.39, 0.29) is 0 Å². The van der Waals surface area contributed by atoms with Gasteiger partial charge in [0.15, 0.2) is 0 Å². The zero-order chi connectivity index (χ0) is 12.8. The van der Waals surface area contributed by atoms with Gasteiger partial charge in [0.25, 0.3) is 0 Å². The van der Waals surface area contributed by atoms with Crippen LogP contribution in [0.15, 0.2) is 0 Å². The fraction of sp³-hybridized carbons (Fsp3) is 1.00. The van der Waals surface area contributed by atoms with Crippen molar-refractivity contribution in [2.75, 3.05) is 44.5 Å². The molecule has 4 heteroatoms. The van der Waals surface area contributed by atoms with Crippen LogP contribution in [-0.4, -0.2) is 60.3 Å². The van der Waals surface area contributed by atoms with Gasteiger partial charge in [-0.25, -0.2) is 0 Å². The number of piperidine rings is 2. The van der Waals surface area contributed by atoms with Gasteiger partial charge in [-0.05, 0) is 44.7 Å². The first kappa shape index (κ1) is 14.9. The monoisotopic (exact) mass is 292 g/mol. The zero-order valence-corrected chi connectivity index (χ0v) is 12.8. The molecule has 2 nitrogen and oxygen atoms in total. The second kappa shape index (κ2) is 7.94. The fourth-order valence-corrected chi connectivity index (χ4v) is 4.13. The smallest absolute Gasteiger partial charge is 0.0351 e. The highest BCUT2D eigenvalue weighted by molar-refractivity contribution is 6.18. The van der Waals surface area contributed by atoms with Gasteiger partial charge in [-0.1, -0.05) is 6.42 Å². The first-order valence-electron chi connectivity index (χ1n) is 7.43. The van der Waals surface area contributed by atoms with Gasteiger partial charge in [-0.3, -0.25) is 0 Å². The average molecular weight is 293 g/mol. The van der Waals surface area contributed by atoms with Crippen LogP contribution in [-0.2, 0) is 0 Å². The van der Waals surface area contributed by atoms with Gasteiger partial charge in [0.2, 0.25) is 0 Å². The number of halogens is 2. The maximum absolute atomic E-state index is 5.89. The SMILES string of the molecule is ClCCN(CCCl)C[C@H]1CCCN2CCCC[C@H]12. The fourth-order valence-electron chi connectivity index (χ4n) is 3.66. The molecule has 0 radical (unpaired) electrons. The van der Waals surface area contributed by atoms with Crippen molar-refractivity contribution in [3.8, 4) is 0 Å². The Bertz CT molecular complexity index is 230. The molecule has 2 aliphatic heterocycles. The highest BCUT2D eigenvalue weighted by Gasteiger charge is 2.33. The topological polar surface area (TPSA) is 6.48 Å². The van der Waals surface area contributed by atoms with Crippen molar-refractivity contribution in [2.45, 2.75) is 38.1 Å². The molecule has 0 unspecified atom stereocenters. The molecule has 0 aromatic carbocycles. The lowest BCUT2D eigenvalue weighted by atomic mass is 9.83. The van der Waals surface area contributed by atoms with Crippen LogP contribution in [0.5, 0.6) is 0 Å². The van der Waals surface area contributed by atoms with E-state index in [1.807, 2.05) is 0 Å². The van der Waals surface area contributed by atoms with Crippen molar-refractivity contribution in [1.29, 1.82) is 0 Å². The summed E-state index contributed by atoms with van der Waals surface area (Å²) in [4.78, 5) is 5.19. The molecule has 2 fully saturated rings. The molecule has 0 saturated carbocycles. The van der Waals surface area contributed by atoms with Crippen molar-refractivity contribution in [3.05, 3.63) is 0 Å². The molecule has 0 amide bonds. The minimum absolute atomic E-state index is 0.720. The van der Waals surface area contributed by atoms with E-state index in [0.717, 1.165) is 36.8 Å². The largest absolute Gasteiger partial charge is 0.301 e. The van der Waals surface area contributed by atoms with E-state index in [1.54, 1.807) is 0 Å². The zero-order valence-electron chi connectivity index (χ0n) is 11.3. The van der Waals surface area contributed by atoms with Gasteiger partial charge in [-0.2, -0.15) is 0 Å². The maximum Gasteiger partial charge on any atom is 0.0351 e. The van der Waals surface area contributed by atoms with Gasteiger partial charge >= 0.3 is 0 Å². The summed E-state index contributed by atoms with van der Waals surface area (Å²) < 4.78 is 0. The number of nitrogens with zero attached hydrogens (tertiary/aromatic N) is 2. The third-order valence-corrected chi connectivity index (χ3v) is 4.86. The molecule has 0 bridgehead atoms. The summed E-state index contributed by atoms with van der Waals surface area (Å²) >= 11 is 11.8. The minimum Gasteiger partial charge on any atom is -0.301 e. The van der Waals surface area contributed by atoms with E-state index in [0.29, 0.717) is 0 Å². The Balaban J connectivity index is 1.88. The minimum atomic E-state index is 0.720. The number of rotatable bonds is 6. The Kier molecular flexibility index (Phi) is 6.57. The van der Waals surface area contributed by atoms with Gasteiger partial charge in [0.05, 0.1) is 0 Å². The normalized spacial score (nSPS) is 29.5. The molecule has 0 aromatic heterocycles. The number of fused-ring (bicyclic) bond motifs is 1. The summed E-state index contributed by atoms with van der Waals surface area (Å²) in [7, 11) is 0. The molecule has 0 aliphatic carbocycles. The van der Waals surface area contributed by atoms with E-state index in [1.165, 1.54) is 51.7 Å². The van der Waals surface area contributed by atoms with E-state index in [9.17, 15) is 0 Å². The number of hydrogen-bond donors (Lipinski definition) is 0. The molecule has 106 valence electrons. The van der Waals surface area contributed by atoms with Crippen molar-refractivity contribution >= 4 is 23.2 Å². The van der Waals surface area contributed by atoms with Crippen LogP contribution in [0.25, 0.3) is 0 Å². The number of alkyl halides is 2. The predicted molar refractivity (Wildman–Crippen MR) is 79.8 cm³/mol. The van der Waals surface area contributed by atoms with E-state index < -0.39 is 0 Å². The van der Waals surface area contributed by atoms with E-state index in [2.05, 4.69) is 9.80 Å². The van der Waals surface area contributed by atoms with Crippen LogP contribution in [0.3, 0.4) is 0 Å². The predicted octanol–water partition coefficient (Wildman–Crippen LogP) is 3.03. The quantitative estimate of drug-likeness (QED) is 0.695. The summed E-state index contributed by atoms with van der Waals surface area (Å²) in [5.74, 6) is 2.28. The van der Waals surface area contributed by atoms with Gasteiger partial charge < -0.3 is 9.80 Å². The van der Waals surface area contributed by atoms with Gasteiger partial charge in [-0.15, -0.1) is 23.2 Å². The Hall–Kier alpha value is 0.500. The van der Waals surface area contributed by atoms with Crippen LogP contribution in [0.2, 0.25) is 0 Å². The Morgan fingerprint density at radius 2 is 1.67 bits per heavy atom. The molecule has 0 aromatic rings. The maximum atomic E-state index is 5.89. The van der Waals surface area contributed by atoms with Crippen LogP contribution in [0.4, 0.5) is 0 Å². The highest BCUT2D eigenvalue weighted by atomic mass is 35.5. The summed E-state index contributed by atoms with van der Waals surface area (Å²) in [6.07, 6.45) is 6.98. The third-order valence-electron chi connectivity index (χ3n) is 4.52.